The van der Waals surface area contributed by atoms with Crippen LogP contribution in [0.15, 0.2) is 0 Å². The molecule has 5 heteroatoms. The minimum Gasteiger partial charge on any atom is -0.463 e. The van der Waals surface area contributed by atoms with Gasteiger partial charge in [0.2, 0.25) is 0 Å². The second-order valence-corrected chi connectivity index (χ2v) is 3.79. The van der Waals surface area contributed by atoms with E-state index in [4.69, 9.17) is 9.47 Å². The summed E-state index contributed by atoms with van der Waals surface area (Å²) < 4.78 is 10.2. The lowest BCUT2D eigenvalue weighted by Gasteiger charge is -2.11. The van der Waals surface area contributed by atoms with Crippen LogP contribution in [0.25, 0.3) is 0 Å². The minimum absolute atomic E-state index is 0.0512. The van der Waals surface area contributed by atoms with Crippen molar-refractivity contribution < 1.29 is 19.1 Å². The molecule has 0 aromatic rings. The third kappa shape index (κ3) is 3.38. The van der Waals surface area contributed by atoms with Crippen molar-refractivity contribution in [3.05, 3.63) is 0 Å². The molecule has 80 valence electrons. The lowest BCUT2D eigenvalue weighted by atomic mass is 10.1. The second-order valence-electron chi connectivity index (χ2n) is 3.23. The molecule has 0 saturated carbocycles. The van der Waals surface area contributed by atoms with Crippen molar-refractivity contribution in [3.63, 3.8) is 0 Å². The van der Waals surface area contributed by atoms with Crippen LogP contribution >= 0.6 is 15.9 Å². The topological polar surface area (TPSA) is 52.6 Å². The van der Waals surface area contributed by atoms with Crippen LogP contribution in [0.4, 0.5) is 0 Å². The van der Waals surface area contributed by atoms with Crippen LogP contribution in [0.2, 0.25) is 0 Å². The Bertz CT molecular complexity index is 229. The highest BCUT2D eigenvalue weighted by Crippen LogP contribution is 2.21. The van der Waals surface area contributed by atoms with Crippen LogP contribution in [0.5, 0.6) is 0 Å². The van der Waals surface area contributed by atoms with E-state index in [9.17, 15) is 9.59 Å². The molecule has 0 N–H and O–H groups in total. The van der Waals surface area contributed by atoms with Crippen LogP contribution in [0.1, 0.15) is 19.8 Å². The zero-order valence-electron chi connectivity index (χ0n) is 7.99. The first-order valence-electron chi connectivity index (χ1n) is 4.51. The summed E-state index contributed by atoms with van der Waals surface area (Å²) in [5, 5.41) is 0.317. The molecule has 0 aromatic carbocycles. The van der Waals surface area contributed by atoms with E-state index in [1.165, 1.54) is 6.92 Å². The van der Waals surface area contributed by atoms with Gasteiger partial charge in [-0.25, -0.2) is 0 Å². The van der Waals surface area contributed by atoms with Crippen LogP contribution in [0, 0.1) is 0 Å². The van der Waals surface area contributed by atoms with E-state index < -0.39 is 0 Å². The predicted octanol–water partition coefficient (Wildman–Crippen LogP) is 1.06. The molecule has 0 aromatic heterocycles. The minimum atomic E-state index is -0.324. The molecule has 0 bridgehead atoms. The highest BCUT2D eigenvalue weighted by molar-refractivity contribution is 9.09. The molecule has 0 spiro atoms. The van der Waals surface area contributed by atoms with E-state index in [1.54, 1.807) is 0 Å². The maximum atomic E-state index is 11.2. The highest BCUT2D eigenvalue weighted by Gasteiger charge is 2.30. The van der Waals surface area contributed by atoms with Gasteiger partial charge in [-0.2, -0.15) is 0 Å². The number of esters is 1. The number of ether oxygens (including phenoxy) is 2. The van der Waals surface area contributed by atoms with Crippen LogP contribution in [0.3, 0.4) is 0 Å². The normalized spacial score (nSPS) is 26.1. The number of rotatable bonds is 4. The SMILES string of the molecule is CC(=O)OC[C@H]1CC[C@H](C(=O)CBr)O1. The Morgan fingerprint density at radius 2 is 2.21 bits per heavy atom. The average Bonchev–Trinajstić information content (AvgIpc) is 2.62. The number of alkyl halides is 1. The summed E-state index contributed by atoms with van der Waals surface area (Å²) in [5.41, 5.74) is 0. The first-order chi connectivity index (χ1) is 6.63. The standard InChI is InChI=1S/C9H13BrO4/c1-6(11)13-5-7-2-3-9(14-7)8(12)4-10/h7,9H,2-5H2,1H3/t7-,9-/m1/s1. The molecule has 1 heterocycles. The summed E-state index contributed by atoms with van der Waals surface area (Å²) in [6.45, 7) is 1.61. The average molecular weight is 265 g/mol. The third-order valence-corrected chi connectivity index (χ3v) is 2.62. The molecular weight excluding hydrogens is 252 g/mol. The number of carbonyl (C=O) groups is 2. The number of ketones is 1. The Morgan fingerprint density at radius 3 is 2.79 bits per heavy atom. The molecule has 1 aliphatic rings. The van der Waals surface area contributed by atoms with Crippen molar-refractivity contribution in [2.45, 2.75) is 32.0 Å². The Hall–Kier alpha value is -0.420. The van der Waals surface area contributed by atoms with Crippen molar-refractivity contribution >= 4 is 27.7 Å². The summed E-state index contributed by atoms with van der Waals surface area (Å²) in [7, 11) is 0. The molecule has 1 rings (SSSR count). The van der Waals surface area contributed by atoms with Crippen LogP contribution < -0.4 is 0 Å². The Morgan fingerprint density at radius 1 is 1.50 bits per heavy atom. The van der Waals surface area contributed by atoms with Gasteiger partial charge in [0.15, 0.2) is 5.78 Å². The fraction of sp³-hybridized carbons (Fsp3) is 0.778. The van der Waals surface area contributed by atoms with E-state index in [0.29, 0.717) is 5.33 Å². The number of hydrogen-bond acceptors (Lipinski definition) is 4. The van der Waals surface area contributed by atoms with E-state index in [2.05, 4.69) is 15.9 Å². The molecule has 1 aliphatic heterocycles. The van der Waals surface area contributed by atoms with Gasteiger partial charge in [-0.05, 0) is 12.8 Å². The van der Waals surface area contributed by atoms with Crippen molar-refractivity contribution in [3.8, 4) is 0 Å². The number of halogens is 1. The summed E-state index contributed by atoms with van der Waals surface area (Å²) in [6.07, 6.45) is 1.05. The van der Waals surface area contributed by atoms with Gasteiger partial charge < -0.3 is 9.47 Å². The molecule has 0 aliphatic carbocycles. The van der Waals surface area contributed by atoms with E-state index in [1.807, 2.05) is 0 Å². The van der Waals surface area contributed by atoms with Crippen molar-refractivity contribution in [2.75, 3.05) is 11.9 Å². The van der Waals surface area contributed by atoms with Gasteiger partial charge in [0.05, 0.1) is 11.4 Å². The van der Waals surface area contributed by atoms with E-state index in [-0.39, 0.29) is 30.6 Å². The Kier molecular flexibility index (Phi) is 4.54. The third-order valence-electron chi connectivity index (χ3n) is 2.07. The smallest absolute Gasteiger partial charge is 0.302 e. The number of Topliss-reactive ketones (excluding diaryl/α,β-unsaturated/α-hetero) is 1. The Balaban J connectivity index is 2.27. The van der Waals surface area contributed by atoms with Crippen LogP contribution in [-0.2, 0) is 19.1 Å². The summed E-state index contributed by atoms with van der Waals surface area (Å²) in [6, 6.07) is 0. The lowest BCUT2D eigenvalue weighted by molar-refractivity contribution is -0.145. The molecule has 0 unspecified atom stereocenters. The molecular formula is C9H13BrO4. The molecule has 0 amide bonds. The summed E-state index contributed by atoms with van der Waals surface area (Å²) in [5.74, 6) is -0.265. The predicted molar refractivity (Wildman–Crippen MR) is 53.3 cm³/mol. The van der Waals surface area contributed by atoms with Gasteiger partial charge in [0, 0.05) is 6.92 Å². The largest absolute Gasteiger partial charge is 0.463 e. The molecule has 4 nitrogen and oxygen atoms in total. The summed E-state index contributed by atoms with van der Waals surface area (Å²) in [4.78, 5) is 21.7. The van der Waals surface area contributed by atoms with Gasteiger partial charge in [0.1, 0.15) is 12.7 Å². The lowest BCUT2D eigenvalue weighted by Crippen LogP contribution is -2.24. The first-order valence-corrected chi connectivity index (χ1v) is 5.63. The van der Waals surface area contributed by atoms with Gasteiger partial charge >= 0.3 is 5.97 Å². The van der Waals surface area contributed by atoms with E-state index >= 15 is 0 Å². The molecule has 0 radical (unpaired) electrons. The highest BCUT2D eigenvalue weighted by atomic mass is 79.9. The maximum absolute atomic E-state index is 11.2. The second kappa shape index (κ2) is 5.46. The first kappa shape index (κ1) is 11.7. The molecule has 2 atom stereocenters. The van der Waals surface area contributed by atoms with E-state index in [0.717, 1.165) is 12.8 Å². The molecule has 14 heavy (non-hydrogen) atoms. The number of carbonyl (C=O) groups excluding carboxylic acids is 2. The molecule has 1 fully saturated rings. The quantitative estimate of drug-likeness (QED) is 0.563. The van der Waals surface area contributed by atoms with Crippen molar-refractivity contribution in [1.82, 2.24) is 0 Å². The van der Waals surface area contributed by atoms with Gasteiger partial charge in [-0.3, -0.25) is 9.59 Å². The van der Waals surface area contributed by atoms with Crippen LogP contribution in [-0.4, -0.2) is 35.9 Å². The number of hydrogen-bond donors (Lipinski definition) is 0. The van der Waals surface area contributed by atoms with Crippen molar-refractivity contribution in [2.24, 2.45) is 0 Å². The monoisotopic (exact) mass is 264 g/mol. The fourth-order valence-electron chi connectivity index (χ4n) is 1.36. The summed E-state index contributed by atoms with van der Waals surface area (Å²) >= 11 is 3.09. The van der Waals surface area contributed by atoms with Gasteiger partial charge in [0.25, 0.3) is 0 Å². The zero-order chi connectivity index (χ0) is 10.6. The van der Waals surface area contributed by atoms with Crippen molar-refractivity contribution in [1.29, 1.82) is 0 Å². The zero-order valence-corrected chi connectivity index (χ0v) is 9.58. The molecule has 1 saturated heterocycles. The maximum Gasteiger partial charge on any atom is 0.302 e. The van der Waals surface area contributed by atoms with Gasteiger partial charge in [-0.15, -0.1) is 0 Å². The fourth-order valence-corrected chi connectivity index (χ4v) is 1.72. The van der Waals surface area contributed by atoms with Gasteiger partial charge in [-0.1, -0.05) is 15.9 Å². The Labute approximate surface area is 91.1 Å².